The third kappa shape index (κ3) is 4.54. The van der Waals surface area contributed by atoms with Gasteiger partial charge in [0.15, 0.2) is 0 Å². The molecule has 0 fully saturated rings. The van der Waals surface area contributed by atoms with Crippen molar-refractivity contribution in [3.63, 3.8) is 0 Å². The van der Waals surface area contributed by atoms with Crippen LogP contribution in [0.5, 0.6) is 0 Å². The summed E-state index contributed by atoms with van der Waals surface area (Å²) in [6, 6.07) is 47.3. The maximum absolute atomic E-state index is 2.60. The molecule has 248 valence electrons. The number of allylic oxidation sites excluding steroid dienone is 2. The maximum atomic E-state index is 2.60. The van der Waals surface area contributed by atoms with E-state index in [1.54, 1.807) is 0 Å². The molecule has 1 atom stereocenters. The number of anilines is 2. The van der Waals surface area contributed by atoms with Crippen molar-refractivity contribution in [2.24, 2.45) is 0 Å². The van der Waals surface area contributed by atoms with Crippen molar-refractivity contribution < 1.29 is 0 Å². The number of para-hydroxylation sites is 2. The Morgan fingerprint density at radius 3 is 1.88 bits per heavy atom. The van der Waals surface area contributed by atoms with Gasteiger partial charge in [-0.1, -0.05) is 127 Å². The van der Waals surface area contributed by atoms with Gasteiger partial charge in [0.25, 0.3) is 0 Å². The van der Waals surface area contributed by atoms with Crippen LogP contribution in [0, 0.1) is 0 Å². The van der Waals surface area contributed by atoms with E-state index in [9.17, 15) is 0 Å². The van der Waals surface area contributed by atoms with Gasteiger partial charge in [0.2, 0.25) is 0 Å². The minimum Gasteiger partial charge on any atom is -0.334 e. The predicted molar refractivity (Wildman–Crippen MR) is 226 cm³/mol. The van der Waals surface area contributed by atoms with Crippen molar-refractivity contribution in [1.82, 2.24) is 0 Å². The monoisotopic (exact) mass is 683 g/mol. The lowest BCUT2D eigenvalue weighted by Crippen LogP contribution is -2.33. The molecule has 0 saturated heterocycles. The van der Waals surface area contributed by atoms with E-state index in [0.29, 0.717) is 0 Å². The summed E-state index contributed by atoms with van der Waals surface area (Å²) in [5.74, 6) is 0. The second-order valence-electron chi connectivity index (χ2n) is 14.5. The molecule has 0 amide bonds. The molecule has 0 spiro atoms. The van der Waals surface area contributed by atoms with Gasteiger partial charge in [-0.05, 0) is 134 Å². The summed E-state index contributed by atoms with van der Waals surface area (Å²) in [4.78, 5) is 4.07. The Hall–Kier alpha value is -5.70. The molecule has 0 saturated carbocycles. The Labute approximate surface area is 308 Å². The van der Waals surface area contributed by atoms with Crippen molar-refractivity contribution >= 4 is 88.9 Å². The van der Waals surface area contributed by atoms with Gasteiger partial charge in [-0.15, -0.1) is 11.3 Å². The third-order valence-corrected chi connectivity index (χ3v) is 13.0. The van der Waals surface area contributed by atoms with E-state index in [1.807, 2.05) is 11.3 Å². The number of hydrogen-bond donors (Lipinski definition) is 0. The van der Waals surface area contributed by atoms with E-state index < -0.39 is 0 Å². The number of rotatable bonds is 4. The number of nitrogens with zero attached hydrogens (tertiary/aromatic N) is 1. The highest BCUT2D eigenvalue weighted by molar-refractivity contribution is 7.19. The summed E-state index contributed by atoms with van der Waals surface area (Å²) in [6.45, 7) is 0. The molecule has 1 nitrogen and oxygen atoms in total. The first-order chi connectivity index (χ1) is 25.8. The number of hydrogen-bond acceptors (Lipinski definition) is 2. The quantitative estimate of drug-likeness (QED) is 0.167. The summed E-state index contributed by atoms with van der Waals surface area (Å²) in [5.41, 5.74) is 12.7. The van der Waals surface area contributed by atoms with E-state index >= 15 is 0 Å². The van der Waals surface area contributed by atoms with Crippen LogP contribution < -0.4 is 4.90 Å². The van der Waals surface area contributed by atoms with Gasteiger partial charge in [0.05, 0.1) is 6.04 Å². The van der Waals surface area contributed by atoms with Crippen LogP contribution in [0.25, 0.3) is 66.2 Å². The van der Waals surface area contributed by atoms with Crippen molar-refractivity contribution in [1.29, 1.82) is 0 Å². The SMILES string of the molecule is C1=Cc2c(sc3cccc(C4=Cc5c(c6c(c7c8ccccc8c8ccccc8c57)C=CC(N(c5ccccc5)c5ccccc5)C6)CC4)c23)CC1. The molecule has 3 aliphatic carbocycles. The molecule has 2 heteroatoms. The van der Waals surface area contributed by atoms with Crippen LogP contribution in [0.15, 0.2) is 140 Å². The molecule has 1 heterocycles. The normalized spacial score (nSPS) is 16.2. The van der Waals surface area contributed by atoms with Crippen molar-refractivity contribution in [3.05, 3.63) is 178 Å². The van der Waals surface area contributed by atoms with E-state index in [0.717, 1.165) is 32.1 Å². The van der Waals surface area contributed by atoms with Crippen LogP contribution in [-0.4, -0.2) is 6.04 Å². The summed E-state index contributed by atoms with van der Waals surface area (Å²) >= 11 is 2.00. The Balaban J connectivity index is 1.20. The lowest BCUT2D eigenvalue weighted by atomic mass is 9.75. The minimum atomic E-state index is 0.189. The Morgan fingerprint density at radius 2 is 1.17 bits per heavy atom. The van der Waals surface area contributed by atoms with Gasteiger partial charge in [0.1, 0.15) is 0 Å². The largest absolute Gasteiger partial charge is 0.334 e. The van der Waals surface area contributed by atoms with Crippen LogP contribution in [-0.2, 0) is 19.3 Å². The average Bonchev–Trinajstić information content (AvgIpc) is 3.60. The predicted octanol–water partition coefficient (Wildman–Crippen LogP) is 13.6. The molecule has 0 aliphatic heterocycles. The molecule has 52 heavy (non-hydrogen) atoms. The van der Waals surface area contributed by atoms with E-state index in [2.05, 4.69) is 163 Å². The summed E-state index contributed by atoms with van der Waals surface area (Å²) < 4.78 is 1.42. The second-order valence-corrected chi connectivity index (χ2v) is 15.7. The summed E-state index contributed by atoms with van der Waals surface area (Å²) in [5, 5.41) is 9.63. The topological polar surface area (TPSA) is 3.24 Å². The first-order valence-electron chi connectivity index (χ1n) is 18.7. The first-order valence-corrected chi connectivity index (χ1v) is 19.5. The van der Waals surface area contributed by atoms with Crippen LogP contribution in [0.4, 0.5) is 11.4 Å². The van der Waals surface area contributed by atoms with Gasteiger partial charge >= 0.3 is 0 Å². The fourth-order valence-corrected chi connectivity index (χ4v) is 10.8. The fourth-order valence-electron chi connectivity index (χ4n) is 9.55. The van der Waals surface area contributed by atoms with Gasteiger partial charge in [-0.3, -0.25) is 0 Å². The highest BCUT2D eigenvalue weighted by atomic mass is 32.1. The zero-order valence-corrected chi connectivity index (χ0v) is 29.8. The molecule has 0 bridgehead atoms. The highest BCUT2D eigenvalue weighted by Crippen LogP contribution is 2.49. The number of aryl methyl sites for hydroxylation is 1. The van der Waals surface area contributed by atoms with Gasteiger partial charge in [-0.2, -0.15) is 0 Å². The van der Waals surface area contributed by atoms with Crippen molar-refractivity contribution in [2.45, 2.75) is 38.1 Å². The lowest BCUT2D eigenvalue weighted by Gasteiger charge is -2.36. The second kappa shape index (κ2) is 11.9. The average molecular weight is 684 g/mol. The summed E-state index contributed by atoms with van der Waals surface area (Å²) in [6.07, 6.45) is 17.6. The Bertz CT molecular complexity index is 2780. The lowest BCUT2D eigenvalue weighted by molar-refractivity contribution is 0.757. The Morgan fingerprint density at radius 1 is 0.519 bits per heavy atom. The van der Waals surface area contributed by atoms with Crippen LogP contribution in [0.2, 0.25) is 0 Å². The smallest absolute Gasteiger partial charge is 0.0566 e. The maximum Gasteiger partial charge on any atom is 0.0566 e. The summed E-state index contributed by atoms with van der Waals surface area (Å²) in [7, 11) is 0. The molecule has 8 aromatic rings. The molecular formula is C50H37NS. The number of thiophene rings is 1. The van der Waals surface area contributed by atoms with E-state index in [1.165, 1.54) is 97.6 Å². The van der Waals surface area contributed by atoms with E-state index in [-0.39, 0.29) is 6.04 Å². The molecule has 1 aromatic heterocycles. The minimum absolute atomic E-state index is 0.189. The highest BCUT2D eigenvalue weighted by Gasteiger charge is 2.30. The zero-order valence-electron chi connectivity index (χ0n) is 29.0. The van der Waals surface area contributed by atoms with Gasteiger partial charge in [-0.25, -0.2) is 0 Å². The number of fused-ring (bicyclic) bond motifs is 14. The molecule has 3 aliphatic rings. The fraction of sp³-hybridized carbons (Fsp3) is 0.120. The van der Waals surface area contributed by atoms with Crippen LogP contribution >= 0.6 is 11.3 Å². The van der Waals surface area contributed by atoms with Gasteiger partial charge in [0, 0.05) is 26.3 Å². The Kier molecular flexibility index (Phi) is 6.88. The van der Waals surface area contributed by atoms with Crippen LogP contribution in [0.3, 0.4) is 0 Å². The van der Waals surface area contributed by atoms with Crippen molar-refractivity contribution in [2.75, 3.05) is 4.90 Å². The third-order valence-electron chi connectivity index (χ3n) is 11.7. The van der Waals surface area contributed by atoms with Crippen molar-refractivity contribution in [3.8, 4) is 0 Å². The molecule has 1 unspecified atom stereocenters. The zero-order chi connectivity index (χ0) is 34.2. The standard InChI is InChI=1S/C50H37NS/c1-3-14-33(15-4-1)51(34-16-5-2-6-17-34)35-27-29-42-44(31-35)39-28-26-32(36-23-13-25-47-48(36)43-22-11-12-24-46(43)52-47)30-45(39)50-41-21-10-8-19-38(41)37-18-7-9-20-40(37)49(42)50/h1-11,13-23,25,27,29-30,35H,12,24,26,28,31H2. The van der Waals surface area contributed by atoms with Gasteiger partial charge < -0.3 is 4.90 Å². The van der Waals surface area contributed by atoms with Crippen LogP contribution in [0.1, 0.15) is 51.1 Å². The molecule has 11 rings (SSSR count). The first kappa shape index (κ1) is 30.0. The molecule has 0 N–H and O–H groups in total. The molecule has 0 radical (unpaired) electrons. The molecule has 7 aromatic carbocycles. The van der Waals surface area contributed by atoms with E-state index in [4.69, 9.17) is 0 Å². The number of benzene rings is 7. The molecular weight excluding hydrogens is 647 g/mol.